The van der Waals surface area contributed by atoms with E-state index in [-0.39, 0.29) is 41.8 Å². The molecule has 538 valence electrons. The van der Waals surface area contributed by atoms with E-state index in [2.05, 4.69) is 135 Å². The minimum atomic E-state index is -0.629. The van der Waals surface area contributed by atoms with E-state index in [1.807, 2.05) is 98.7 Å². The van der Waals surface area contributed by atoms with Gasteiger partial charge in [0.25, 0.3) is 11.8 Å². The first-order chi connectivity index (χ1) is 46.4. The molecule has 0 unspecified atom stereocenters. The van der Waals surface area contributed by atoms with Crippen molar-refractivity contribution in [1.82, 2.24) is 31.9 Å². The molecule has 18 nitrogen and oxygen atoms in total. The van der Waals surface area contributed by atoms with Gasteiger partial charge in [0.1, 0.15) is 30.0 Å². The molecule has 0 atom stereocenters. The monoisotopic (exact) mass is 1360 g/mol. The lowest BCUT2D eigenvalue weighted by atomic mass is 9.83. The van der Waals surface area contributed by atoms with Crippen molar-refractivity contribution < 1.29 is 57.2 Å². The van der Waals surface area contributed by atoms with Crippen molar-refractivity contribution in [3.8, 4) is 11.1 Å². The van der Waals surface area contributed by atoms with Gasteiger partial charge in [-0.2, -0.15) is 0 Å². The molecule has 0 spiro atoms. The van der Waals surface area contributed by atoms with Crippen molar-refractivity contribution in [3.63, 3.8) is 0 Å². The SMILES string of the molecule is C=C(C)C(=O)OCc1cc(CCCNC(=O)c2cc(CCCNC(=O)OCC3c4cc(C(C)(C)C)ccc4-c4ccc(C(C)(C)C)cc43)cc(CCCNC(=O)OC(C)(C)C)c2)cc(CCCNC(=O)c2cc(CCCNC(=O)OC(C)(C)C)cc(CCCNC(=O)OC(C)(C)C)c2)c1. The number of esters is 1. The van der Waals surface area contributed by atoms with Gasteiger partial charge in [-0.3, -0.25) is 9.59 Å². The van der Waals surface area contributed by atoms with Gasteiger partial charge in [0.05, 0.1) is 0 Å². The summed E-state index contributed by atoms with van der Waals surface area (Å²) in [4.78, 5) is 91.0. The van der Waals surface area contributed by atoms with Gasteiger partial charge in [-0.05, 0) is 254 Å². The van der Waals surface area contributed by atoms with E-state index in [9.17, 15) is 33.6 Å². The smallest absolute Gasteiger partial charge is 0.407 e. The third kappa shape index (κ3) is 27.9. The first-order valence-electron chi connectivity index (χ1n) is 35.2. The maximum Gasteiger partial charge on any atom is 0.407 e. The van der Waals surface area contributed by atoms with E-state index in [0.29, 0.717) is 133 Å². The highest BCUT2D eigenvalue weighted by Gasteiger charge is 2.33. The second-order valence-electron chi connectivity index (χ2n) is 31.2. The second-order valence-corrected chi connectivity index (χ2v) is 31.2. The maximum absolute atomic E-state index is 14.1. The van der Waals surface area contributed by atoms with Crippen LogP contribution in [0.3, 0.4) is 0 Å². The number of fused-ring (bicyclic) bond motifs is 3. The number of benzene rings is 5. The number of aryl methyl sites for hydroxylation is 6. The predicted octanol–water partition coefficient (Wildman–Crippen LogP) is 15.5. The number of ether oxygens (including phenoxy) is 5. The Bertz CT molecular complexity index is 3510. The number of hydrogen-bond acceptors (Lipinski definition) is 12. The fraction of sp³-hybridized carbons (Fsp3) is 0.519. The Labute approximate surface area is 589 Å². The molecule has 18 heteroatoms. The quantitative estimate of drug-likeness (QED) is 0.0105. The van der Waals surface area contributed by atoms with E-state index in [1.54, 1.807) is 6.92 Å². The zero-order valence-electron chi connectivity index (χ0n) is 62.0. The normalized spacial score (nSPS) is 12.3. The number of alkyl carbamates (subject to hydrolysis) is 4. The van der Waals surface area contributed by atoms with Crippen LogP contribution in [0.4, 0.5) is 19.2 Å². The molecule has 6 rings (SSSR count). The number of rotatable bonds is 31. The number of hydrogen-bond donors (Lipinski definition) is 6. The fourth-order valence-corrected chi connectivity index (χ4v) is 11.6. The molecule has 0 saturated heterocycles. The van der Waals surface area contributed by atoms with Gasteiger partial charge in [-0.1, -0.05) is 115 Å². The largest absolute Gasteiger partial charge is 0.457 e. The van der Waals surface area contributed by atoms with Crippen molar-refractivity contribution in [2.24, 2.45) is 0 Å². The molecule has 6 amide bonds. The Morgan fingerprint density at radius 3 is 0.970 bits per heavy atom. The molecule has 0 bridgehead atoms. The molecule has 0 radical (unpaired) electrons. The molecule has 0 fully saturated rings. The van der Waals surface area contributed by atoms with Crippen LogP contribution in [-0.4, -0.2) is 105 Å². The van der Waals surface area contributed by atoms with Crippen LogP contribution < -0.4 is 31.9 Å². The van der Waals surface area contributed by atoms with E-state index in [4.69, 9.17) is 23.7 Å². The Hall–Kier alpha value is -8.67. The van der Waals surface area contributed by atoms with Crippen LogP contribution in [0.15, 0.2) is 103 Å². The molecule has 5 aromatic carbocycles. The maximum atomic E-state index is 14.1. The second kappa shape index (κ2) is 35.9. The summed E-state index contributed by atoms with van der Waals surface area (Å²) in [7, 11) is 0. The van der Waals surface area contributed by atoms with Gasteiger partial charge >= 0.3 is 30.3 Å². The zero-order chi connectivity index (χ0) is 72.9. The highest BCUT2D eigenvalue weighted by Crippen LogP contribution is 2.47. The Kier molecular flexibility index (Phi) is 28.8. The lowest BCUT2D eigenvalue weighted by molar-refractivity contribution is -0.140. The summed E-state index contributed by atoms with van der Waals surface area (Å²) in [5.41, 5.74) is 13.1. The standard InChI is InChI=1S/C81H112N6O12/c1-53(2)72(90)95-51-60-43-54(40-55(44-60)25-19-35-83-71(89)62-47-58(28-22-38-86-75(93)98-80(12,13)14)42-59(48-62)29-23-39-87-76(94)99-81(15,16)17)24-18-34-82-70(88)61-45-56(41-57(46-61)27-21-37-85-74(92)97-79(9,10)11)26-20-36-84-73(91)96-52-69-67-49-63(77(3,4)5)30-32-65(67)66-33-31-64(50-68(66)69)78(6,7)8/h30-33,40-50,69H,1,18-29,34-39,51-52H2,2-17H3,(H,82,88)(H,83,89)(H,84,91)(H,85,92)(H,86,93)(H,87,94). The Morgan fingerprint density at radius 1 is 0.374 bits per heavy atom. The number of amides is 6. The van der Waals surface area contributed by atoms with Crippen molar-refractivity contribution in [1.29, 1.82) is 0 Å². The average Bonchev–Trinajstić information content (AvgIpc) is 1.60. The van der Waals surface area contributed by atoms with Crippen LogP contribution in [0.5, 0.6) is 0 Å². The van der Waals surface area contributed by atoms with E-state index in [0.717, 1.165) is 38.9 Å². The fourth-order valence-electron chi connectivity index (χ4n) is 11.6. The minimum absolute atomic E-state index is 0.0470. The van der Waals surface area contributed by atoms with Crippen LogP contribution in [0.25, 0.3) is 11.1 Å². The molecule has 6 N–H and O–H groups in total. The van der Waals surface area contributed by atoms with Gasteiger partial charge < -0.3 is 55.6 Å². The average molecular weight is 1360 g/mol. The molecular formula is C81H112N6O12. The van der Waals surface area contributed by atoms with Crippen LogP contribution in [0.2, 0.25) is 0 Å². The van der Waals surface area contributed by atoms with Gasteiger partial charge in [0, 0.05) is 61.9 Å². The Balaban J connectivity index is 1.07. The van der Waals surface area contributed by atoms with Crippen molar-refractivity contribution in [3.05, 3.63) is 175 Å². The van der Waals surface area contributed by atoms with Crippen molar-refractivity contribution >= 4 is 42.2 Å². The van der Waals surface area contributed by atoms with Crippen molar-refractivity contribution in [2.75, 3.05) is 45.9 Å². The van der Waals surface area contributed by atoms with Crippen molar-refractivity contribution in [2.45, 2.75) is 228 Å². The van der Waals surface area contributed by atoms with E-state index < -0.39 is 47.1 Å². The van der Waals surface area contributed by atoms with Crippen LogP contribution in [0, 0.1) is 0 Å². The molecule has 1 aliphatic rings. The van der Waals surface area contributed by atoms with Crippen LogP contribution in [-0.2, 0) is 84.4 Å². The first kappa shape index (κ1) is 79.3. The lowest BCUT2D eigenvalue weighted by Gasteiger charge is -2.22. The topological polar surface area (TPSA) is 238 Å². The molecule has 0 saturated carbocycles. The van der Waals surface area contributed by atoms with E-state index >= 15 is 0 Å². The van der Waals surface area contributed by atoms with Gasteiger partial charge in [-0.25, -0.2) is 24.0 Å². The molecule has 99 heavy (non-hydrogen) atoms. The number of nitrogens with one attached hydrogen (secondary N) is 6. The molecule has 5 aromatic rings. The molecular weight excluding hydrogens is 1250 g/mol. The van der Waals surface area contributed by atoms with Gasteiger partial charge in [0.15, 0.2) is 0 Å². The first-order valence-corrected chi connectivity index (χ1v) is 35.2. The lowest BCUT2D eigenvalue weighted by Crippen LogP contribution is -2.33. The molecule has 1 aliphatic carbocycles. The molecule has 0 aliphatic heterocycles. The Morgan fingerprint density at radius 2 is 0.667 bits per heavy atom. The summed E-state index contributed by atoms with van der Waals surface area (Å²) in [6.45, 7) is 37.4. The van der Waals surface area contributed by atoms with E-state index in [1.165, 1.54) is 33.4 Å². The van der Waals surface area contributed by atoms with Gasteiger partial charge in [-0.15, -0.1) is 0 Å². The van der Waals surface area contributed by atoms with Crippen LogP contribution in [0.1, 0.15) is 237 Å². The molecule has 0 aromatic heterocycles. The highest BCUT2D eigenvalue weighted by molar-refractivity contribution is 5.95. The van der Waals surface area contributed by atoms with Gasteiger partial charge in [0.2, 0.25) is 0 Å². The zero-order valence-corrected chi connectivity index (χ0v) is 62.0. The summed E-state index contributed by atoms with van der Waals surface area (Å²) >= 11 is 0. The third-order valence-corrected chi connectivity index (χ3v) is 16.4. The third-order valence-electron chi connectivity index (χ3n) is 16.4. The minimum Gasteiger partial charge on any atom is -0.457 e. The molecule has 0 heterocycles. The summed E-state index contributed by atoms with van der Waals surface area (Å²) < 4.78 is 27.8. The number of carbonyl (C=O) groups is 7. The highest BCUT2D eigenvalue weighted by atomic mass is 16.6. The summed E-state index contributed by atoms with van der Waals surface area (Å²) in [6.07, 6.45) is 5.34. The summed E-state index contributed by atoms with van der Waals surface area (Å²) in [5, 5.41) is 17.7. The number of carbonyl (C=O) groups excluding carboxylic acids is 7. The summed E-state index contributed by atoms with van der Waals surface area (Å²) in [5.74, 6) is -1.05. The van der Waals surface area contributed by atoms with Crippen LogP contribution >= 0.6 is 0 Å². The summed E-state index contributed by atoms with van der Waals surface area (Å²) in [6, 6.07) is 31.2. The predicted molar refractivity (Wildman–Crippen MR) is 392 cm³/mol.